The number of carbonyl (C=O) groups excluding carboxylic acids is 1. The number of nitriles is 1. The molecule has 1 fully saturated rings. The Labute approximate surface area is 202 Å². The second-order valence-electron chi connectivity index (χ2n) is 9.05. The van der Waals surface area contributed by atoms with Gasteiger partial charge in [0.2, 0.25) is 0 Å². The molecule has 0 radical (unpaired) electrons. The highest BCUT2D eigenvalue weighted by Gasteiger charge is 2.25. The lowest BCUT2D eigenvalue weighted by molar-refractivity contribution is 0.102. The standard InChI is InChI=1S/C29H31N3O2/c1-20(2)32-15-13-22(14-16-32)27-18-25(10-12-28(27)34-3)31-29(33)26-11-9-23(17-24(26)19-30)21-7-5-4-6-8-21/h4-12,17-18,20,22H,13-16H2,1-3H3,(H,31,33). The fourth-order valence-corrected chi connectivity index (χ4v) is 4.70. The van der Waals surface area contributed by atoms with Crippen LogP contribution >= 0.6 is 0 Å². The van der Waals surface area contributed by atoms with Gasteiger partial charge in [-0.2, -0.15) is 5.26 Å². The third kappa shape index (κ3) is 5.13. The van der Waals surface area contributed by atoms with Crippen molar-refractivity contribution in [2.75, 3.05) is 25.5 Å². The molecular formula is C29H31N3O2. The van der Waals surface area contributed by atoms with Crippen molar-refractivity contribution in [1.82, 2.24) is 4.90 Å². The van der Waals surface area contributed by atoms with Crippen LogP contribution in [0.4, 0.5) is 5.69 Å². The van der Waals surface area contributed by atoms with E-state index < -0.39 is 0 Å². The van der Waals surface area contributed by atoms with Crippen LogP contribution < -0.4 is 10.1 Å². The number of ether oxygens (including phenoxy) is 1. The molecule has 3 aromatic carbocycles. The molecule has 0 atom stereocenters. The lowest BCUT2D eigenvalue weighted by Gasteiger charge is -2.35. The number of anilines is 1. The number of benzene rings is 3. The maximum atomic E-state index is 13.1. The van der Waals surface area contributed by atoms with Crippen LogP contribution in [-0.4, -0.2) is 37.0 Å². The third-order valence-electron chi connectivity index (χ3n) is 6.68. The van der Waals surface area contributed by atoms with Crippen molar-refractivity contribution in [3.63, 3.8) is 0 Å². The Morgan fingerprint density at radius 2 is 1.76 bits per heavy atom. The first-order chi connectivity index (χ1) is 16.5. The zero-order valence-corrected chi connectivity index (χ0v) is 20.0. The molecule has 0 saturated carbocycles. The molecule has 1 saturated heterocycles. The van der Waals surface area contributed by atoms with Crippen molar-refractivity contribution in [3.8, 4) is 22.9 Å². The fraction of sp³-hybridized carbons (Fsp3) is 0.310. The number of amides is 1. The minimum Gasteiger partial charge on any atom is -0.496 e. The van der Waals surface area contributed by atoms with Gasteiger partial charge in [0, 0.05) is 11.7 Å². The van der Waals surface area contributed by atoms with Crippen molar-refractivity contribution in [3.05, 3.63) is 83.4 Å². The second-order valence-corrected chi connectivity index (χ2v) is 9.05. The summed E-state index contributed by atoms with van der Waals surface area (Å²) in [5, 5.41) is 12.7. The van der Waals surface area contributed by atoms with E-state index >= 15 is 0 Å². The summed E-state index contributed by atoms with van der Waals surface area (Å²) < 4.78 is 5.64. The van der Waals surface area contributed by atoms with Gasteiger partial charge in [0.05, 0.1) is 24.3 Å². The van der Waals surface area contributed by atoms with E-state index in [1.807, 2.05) is 54.6 Å². The molecule has 1 N–H and O–H groups in total. The Kier molecular flexibility index (Phi) is 7.30. The number of carbonyl (C=O) groups is 1. The number of piperidine rings is 1. The second kappa shape index (κ2) is 10.5. The maximum Gasteiger partial charge on any atom is 0.257 e. The average Bonchev–Trinajstić information content (AvgIpc) is 2.88. The summed E-state index contributed by atoms with van der Waals surface area (Å²) in [7, 11) is 1.69. The van der Waals surface area contributed by atoms with Gasteiger partial charge in [-0.05, 0) is 92.7 Å². The van der Waals surface area contributed by atoms with Crippen LogP contribution in [0.2, 0.25) is 0 Å². The number of hydrogen-bond donors (Lipinski definition) is 1. The Hall–Kier alpha value is -3.62. The molecule has 5 heteroatoms. The molecule has 1 aliphatic heterocycles. The first kappa shape index (κ1) is 23.5. The molecule has 0 bridgehead atoms. The fourth-order valence-electron chi connectivity index (χ4n) is 4.70. The van der Waals surface area contributed by atoms with Crippen molar-refractivity contribution >= 4 is 11.6 Å². The van der Waals surface area contributed by atoms with Crippen molar-refractivity contribution in [2.45, 2.75) is 38.6 Å². The van der Waals surface area contributed by atoms with Crippen LogP contribution in [0.5, 0.6) is 5.75 Å². The quantitative estimate of drug-likeness (QED) is 0.492. The Morgan fingerprint density at radius 1 is 1.03 bits per heavy atom. The van der Waals surface area contributed by atoms with Crippen LogP contribution in [0, 0.1) is 11.3 Å². The van der Waals surface area contributed by atoms with E-state index in [-0.39, 0.29) is 5.91 Å². The first-order valence-corrected chi connectivity index (χ1v) is 11.8. The minimum absolute atomic E-state index is 0.290. The average molecular weight is 454 g/mol. The topological polar surface area (TPSA) is 65.4 Å². The zero-order chi connectivity index (χ0) is 24.1. The molecule has 174 valence electrons. The molecule has 0 aliphatic carbocycles. The number of nitrogens with zero attached hydrogens (tertiary/aromatic N) is 2. The highest BCUT2D eigenvalue weighted by molar-refractivity contribution is 6.06. The molecule has 5 nitrogen and oxygen atoms in total. The van der Waals surface area contributed by atoms with E-state index in [4.69, 9.17) is 4.74 Å². The molecular weight excluding hydrogens is 422 g/mol. The normalized spacial score (nSPS) is 14.6. The van der Waals surface area contributed by atoms with Gasteiger partial charge < -0.3 is 15.0 Å². The Bertz CT molecular complexity index is 1190. The summed E-state index contributed by atoms with van der Waals surface area (Å²) in [6.45, 7) is 6.58. The number of rotatable bonds is 6. The molecule has 34 heavy (non-hydrogen) atoms. The van der Waals surface area contributed by atoms with Crippen LogP contribution in [0.1, 0.15) is 54.1 Å². The van der Waals surface area contributed by atoms with E-state index in [1.165, 1.54) is 0 Å². The van der Waals surface area contributed by atoms with Crippen LogP contribution in [0.15, 0.2) is 66.7 Å². The van der Waals surface area contributed by atoms with Crippen LogP contribution in [-0.2, 0) is 0 Å². The van der Waals surface area contributed by atoms with Crippen molar-refractivity contribution < 1.29 is 9.53 Å². The summed E-state index contributed by atoms with van der Waals surface area (Å²) in [6, 6.07) is 23.7. The molecule has 1 heterocycles. The van der Waals surface area contributed by atoms with Gasteiger partial charge in [0.25, 0.3) is 5.91 Å². The monoisotopic (exact) mass is 453 g/mol. The molecule has 4 rings (SSSR count). The van der Waals surface area contributed by atoms with Gasteiger partial charge in [-0.15, -0.1) is 0 Å². The minimum atomic E-state index is -0.290. The van der Waals surface area contributed by atoms with E-state index in [0.717, 1.165) is 48.4 Å². The maximum absolute atomic E-state index is 13.1. The lowest BCUT2D eigenvalue weighted by atomic mass is 9.88. The summed E-state index contributed by atoms with van der Waals surface area (Å²) >= 11 is 0. The third-order valence-corrected chi connectivity index (χ3v) is 6.68. The number of methoxy groups -OCH3 is 1. The van der Waals surface area contributed by atoms with E-state index in [9.17, 15) is 10.1 Å². The zero-order valence-electron chi connectivity index (χ0n) is 20.0. The van der Waals surface area contributed by atoms with Gasteiger partial charge in [-0.3, -0.25) is 4.79 Å². The summed E-state index contributed by atoms with van der Waals surface area (Å²) in [5.74, 6) is 0.953. The number of hydrogen-bond acceptors (Lipinski definition) is 4. The summed E-state index contributed by atoms with van der Waals surface area (Å²) in [6.07, 6.45) is 2.12. The van der Waals surface area contributed by atoms with E-state index in [1.54, 1.807) is 19.2 Å². The molecule has 1 amide bonds. The van der Waals surface area contributed by atoms with E-state index in [0.29, 0.717) is 28.8 Å². The smallest absolute Gasteiger partial charge is 0.257 e. The van der Waals surface area contributed by atoms with Crippen molar-refractivity contribution in [2.24, 2.45) is 0 Å². The van der Waals surface area contributed by atoms with Gasteiger partial charge >= 0.3 is 0 Å². The van der Waals surface area contributed by atoms with Crippen LogP contribution in [0.25, 0.3) is 11.1 Å². The molecule has 3 aromatic rings. The number of nitrogens with one attached hydrogen (secondary N) is 1. The largest absolute Gasteiger partial charge is 0.496 e. The molecule has 0 aromatic heterocycles. The molecule has 0 unspecified atom stereocenters. The van der Waals surface area contributed by atoms with E-state index in [2.05, 4.69) is 30.1 Å². The summed E-state index contributed by atoms with van der Waals surface area (Å²) in [5.41, 5.74) is 4.48. The van der Waals surface area contributed by atoms with Gasteiger partial charge in [0.1, 0.15) is 5.75 Å². The van der Waals surface area contributed by atoms with Gasteiger partial charge in [0.15, 0.2) is 0 Å². The van der Waals surface area contributed by atoms with Crippen LogP contribution in [0.3, 0.4) is 0 Å². The van der Waals surface area contributed by atoms with Gasteiger partial charge in [-0.25, -0.2) is 0 Å². The SMILES string of the molecule is COc1ccc(NC(=O)c2ccc(-c3ccccc3)cc2C#N)cc1C1CCN(C(C)C)CC1. The Balaban J connectivity index is 1.54. The lowest BCUT2D eigenvalue weighted by Crippen LogP contribution is -2.37. The highest BCUT2D eigenvalue weighted by Crippen LogP contribution is 2.36. The molecule has 0 spiro atoms. The Morgan fingerprint density at radius 3 is 2.41 bits per heavy atom. The highest BCUT2D eigenvalue weighted by atomic mass is 16.5. The number of likely N-dealkylation sites (tertiary alicyclic amines) is 1. The molecule has 1 aliphatic rings. The predicted octanol–water partition coefficient (Wildman–Crippen LogP) is 6.07. The van der Waals surface area contributed by atoms with Gasteiger partial charge in [-0.1, -0.05) is 36.4 Å². The van der Waals surface area contributed by atoms with Crippen molar-refractivity contribution in [1.29, 1.82) is 5.26 Å². The first-order valence-electron chi connectivity index (χ1n) is 11.8. The summed E-state index contributed by atoms with van der Waals surface area (Å²) in [4.78, 5) is 15.6. The predicted molar refractivity (Wildman–Crippen MR) is 136 cm³/mol.